The summed E-state index contributed by atoms with van der Waals surface area (Å²) in [6, 6.07) is 3.61. The van der Waals surface area contributed by atoms with E-state index in [-0.39, 0.29) is 10.5 Å². The Morgan fingerprint density at radius 1 is 1.44 bits per heavy atom. The first-order valence-corrected chi connectivity index (χ1v) is 4.85. The number of ether oxygens (including phenoxy) is 2. The summed E-state index contributed by atoms with van der Waals surface area (Å²) in [4.78, 5) is 11.2. The van der Waals surface area contributed by atoms with Gasteiger partial charge in [0.25, 0.3) is 0 Å². The highest BCUT2D eigenvalue weighted by atomic mass is 32.1. The fourth-order valence-corrected chi connectivity index (χ4v) is 1.50. The van der Waals surface area contributed by atoms with E-state index in [9.17, 15) is 18.0 Å². The van der Waals surface area contributed by atoms with Crippen LogP contribution in [0.4, 0.5) is 13.2 Å². The maximum Gasteiger partial charge on any atom is 0.573 e. The third-order valence-electron chi connectivity index (χ3n) is 1.88. The highest BCUT2D eigenvalue weighted by Crippen LogP contribution is 2.32. The first kappa shape index (κ1) is 14.2. The van der Waals surface area contributed by atoms with Gasteiger partial charge in [-0.3, -0.25) is 0 Å². The molecule has 0 aliphatic rings. The summed E-state index contributed by atoms with van der Waals surface area (Å²) in [5.41, 5.74) is -0.606. The number of methoxy groups -OCH3 is 1. The number of carbonyl (C=O) groups is 1. The van der Waals surface area contributed by atoms with Crippen LogP contribution in [-0.4, -0.2) is 19.4 Å². The number of rotatable bonds is 2. The molecule has 8 heteroatoms. The SMILES string of the molecule is COC(=O)c1c(OC(F)(F)F)ccc(C#N)c1S. The minimum absolute atomic E-state index is 0.0618. The predicted octanol–water partition coefficient (Wildman–Crippen LogP) is 2.53. The Bertz CT molecular complexity index is 522. The molecule has 0 aliphatic carbocycles. The maximum absolute atomic E-state index is 12.1. The van der Waals surface area contributed by atoms with Gasteiger partial charge in [0.15, 0.2) is 0 Å². The van der Waals surface area contributed by atoms with Crippen LogP contribution in [-0.2, 0) is 4.74 Å². The number of nitrogens with zero attached hydrogens (tertiary/aromatic N) is 1. The van der Waals surface area contributed by atoms with Crippen LogP contribution in [0.5, 0.6) is 5.75 Å². The molecule has 0 heterocycles. The largest absolute Gasteiger partial charge is 0.573 e. The van der Waals surface area contributed by atoms with Crippen molar-refractivity contribution in [1.29, 1.82) is 5.26 Å². The van der Waals surface area contributed by atoms with Gasteiger partial charge in [0.2, 0.25) is 0 Å². The highest BCUT2D eigenvalue weighted by molar-refractivity contribution is 7.80. The molecule has 0 aromatic heterocycles. The summed E-state index contributed by atoms with van der Waals surface area (Å²) in [5, 5.41) is 8.71. The molecule has 96 valence electrons. The van der Waals surface area contributed by atoms with Gasteiger partial charge in [-0.25, -0.2) is 4.79 Å². The molecule has 0 aliphatic heterocycles. The molecule has 0 unspecified atom stereocenters. The fourth-order valence-electron chi connectivity index (χ4n) is 1.17. The predicted molar refractivity (Wildman–Crippen MR) is 56.4 cm³/mol. The number of carbonyl (C=O) groups excluding carboxylic acids is 1. The van der Waals surface area contributed by atoms with E-state index >= 15 is 0 Å². The van der Waals surface area contributed by atoms with E-state index in [1.54, 1.807) is 6.07 Å². The van der Waals surface area contributed by atoms with Crippen LogP contribution in [0.15, 0.2) is 17.0 Å². The Morgan fingerprint density at radius 3 is 2.50 bits per heavy atom. The molecule has 0 amide bonds. The van der Waals surface area contributed by atoms with Crippen molar-refractivity contribution in [3.63, 3.8) is 0 Å². The Kier molecular flexibility index (Phi) is 4.08. The summed E-state index contributed by atoms with van der Waals surface area (Å²) in [6.45, 7) is 0. The van der Waals surface area contributed by atoms with Crippen LogP contribution in [0, 0.1) is 11.3 Å². The fraction of sp³-hybridized carbons (Fsp3) is 0.200. The zero-order valence-electron chi connectivity index (χ0n) is 8.91. The second-order valence-corrected chi connectivity index (χ2v) is 3.43. The van der Waals surface area contributed by atoms with Crippen molar-refractivity contribution in [3.05, 3.63) is 23.3 Å². The number of esters is 1. The molecule has 0 saturated carbocycles. The Hall–Kier alpha value is -1.88. The number of thiol groups is 1. The average molecular weight is 277 g/mol. The van der Waals surface area contributed by atoms with Gasteiger partial charge < -0.3 is 9.47 Å². The summed E-state index contributed by atoms with van der Waals surface area (Å²) >= 11 is 3.83. The van der Waals surface area contributed by atoms with Crippen molar-refractivity contribution in [3.8, 4) is 11.8 Å². The van der Waals surface area contributed by atoms with Gasteiger partial charge in [0.1, 0.15) is 17.4 Å². The molecule has 0 atom stereocenters. The smallest absolute Gasteiger partial charge is 0.465 e. The summed E-state index contributed by atoms with van der Waals surface area (Å²) in [7, 11) is 0.992. The van der Waals surface area contributed by atoms with Gasteiger partial charge in [-0.15, -0.1) is 25.8 Å². The molecular formula is C10H6F3NO3S. The Labute approximate surface area is 105 Å². The van der Waals surface area contributed by atoms with E-state index < -0.39 is 23.6 Å². The molecule has 1 rings (SSSR count). The first-order chi connectivity index (χ1) is 8.30. The summed E-state index contributed by atoms with van der Waals surface area (Å²) in [5.74, 6) is -1.84. The van der Waals surface area contributed by atoms with Crippen molar-refractivity contribution in [2.45, 2.75) is 11.3 Å². The van der Waals surface area contributed by atoms with Crippen LogP contribution in [0.2, 0.25) is 0 Å². The molecule has 0 radical (unpaired) electrons. The topological polar surface area (TPSA) is 59.3 Å². The average Bonchev–Trinajstić information content (AvgIpc) is 2.26. The minimum Gasteiger partial charge on any atom is -0.465 e. The number of hydrogen-bond acceptors (Lipinski definition) is 5. The molecule has 1 aromatic carbocycles. The normalized spacial score (nSPS) is 10.7. The van der Waals surface area contributed by atoms with Crippen molar-refractivity contribution in [2.75, 3.05) is 7.11 Å². The van der Waals surface area contributed by atoms with Crippen LogP contribution in [0.1, 0.15) is 15.9 Å². The minimum atomic E-state index is -4.96. The second kappa shape index (κ2) is 5.18. The summed E-state index contributed by atoms with van der Waals surface area (Å²) < 4.78 is 44.4. The van der Waals surface area contributed by atoms with Crippen LogP contribution in [0.25, 0.3) is 0 Å². The van der Waals surface area contributed by atoms with E-state index in [4.69, 9.17) is 5.26 Å². The van der Waals surface area contributed by atoms with Crippen molar-refractivity contribution >= 4 is 18.6 Å². The molecule has 0 saturated heterocycles. The van der Waals surface area contributed by atoms with Crippen LogP contribution >= 0.6 is 12.6 Å². The monoisotopic (exact) mass is 277 g/mol. The lowest BCUT2D eigenvalue weighted by atomic mass is 10.1. The van der Waals surface area contributed by atoms with Crippen LogP contribution in [0.3, 0.4) is 0 Å². The van der Waals surface area contributed by atoms with Gasteiger partial charge in [-0.2, -0.15) is 5.26 Å². The third kappa shape index (κ3) is 3.07. The number of alkyl halides is 3. The van der Waals surface area contributed by atoms with E-state index in [0.29, 0.717) is 0 Å². The highest BCUT2D eigenvalue weighted by Gasteiger charge is 2.34. The lowest BCUT2D eigenvalue weighted by Crippen LogP contribution is -2.19. The molecule has 4 nitrogen and oxygen atoms in total. The molecule has 1 aromatic rings. The Morgan fingerprint density at radius 2 is 2.06 bits per heavy atom. The molecule has 18 heavy (non-hydrogen) atoms. The standard InChI is InChI=1S/C10H6F3NO3S/c1-16-9(15)7-6(17-10(11,12)13)3-2-5(4-14)8(7)18/h2-3,18H,1H3. The molecular weight excluding hydrogens is 271 g/mol. The zero-order valence-corrected chi connectivity index (χ0v) is 9.80. The molecule has 0 fully saturated rings. The zero-order chi connectivity index (χ0) is 13.9. The summed E-state index contributed by atoms with van der Waals surface area (Å²) in [6.07, 6.45) is -4.96. The number of hydrogen-bond donors (Lipinski definition) is 1. The van der Waals surface area contributed by atoms with Crippen molar-refractivity contribution in [2.24, 2.45) is 0 Å². The van der Waals surface area contributed by atoms with E-state index in [1.807, 2.05) is 0 Å². The van der Waals surface area contributed by atoms with Gasteiger partial charge in [0, 0.05) is 4.90 Å². The van der Waals surface area contributed by atoms with Crippen molar-refractivity contribution < 1.29 is 27.4 Å². The van der Waals surface area contributed by atoms with Crippen molar-refractivity contribution in [1.82, 2.24) is 0 Å². The molecule has 0 N–H and O–H groups in total. The van der Waals surface area contributed by atoms with E-state index in [0.717, 1.165) is 19.2 Å². The number of halogens is 3. The Balaban J connectivity index is 3.40. The number of nitriles is 1. The van der Waals surface area contributed by atoms with E-state index in [2.05, 4.69) is 22.1 Å². The third-order valence-corrected chi connectivity index (χ3v) is 2.34. The lowest BCUT2D eigenvalue weighted by Gasteiger charge is -2.14. The van der Waals surface area contributed by atoms with Gasteiger partial charge in [-0.05, 0) is 12.1 Å². The van der Waals surface area contributed by atoms with Crippen LogP contribution < -0.4 is 4.74 Å². The van der Waals surface area contributed by atoms with E-state index in [1.165, 1.54) is 0 Å². The maximum atomic E-state index is 12.1. The van der Waals surface area contributed by atoms with Gasteiger partial charge >= 0.3 is 12.3 Å². The second-order valence-electron chi connectivity index (χ2n) is 2.99. The molecule has 0 spiro atoms. The lowest BCUT2D eigenvalue weighted by molar-refractivity contribution is -0.274. The quantitative estimate of drug-likeness (QED) is 0.666. The number of benzene rings is 1. The van der Waals surface area contributed by atoms with Gasteiger partial charge in [-0.1, -0.05) is 0 Å². The van der Waals surface area contributed by atoms with Gasteiger partial charge in [0.05, 0.1) is 12.7 Å². The first-order valence-electron chi connectivity index (χ1n) is 4.40. The molecule has 0 bridgehead atoms.